The van der Waals surface area contributed by atoms with E-state index in [1.54, 1.807) is 0 Å². The number of aliphatic imine (C=N–C) groups is 1. The van der Waals surface area contributed by atoms with Crippen molar-refractivity contribution in [3.63, 3.8) is 0 Å². The van der Waals surface area contributed by atoms with Crippen molar-refractivity contribution in [3.05, 3.63) is 170 Å². The first-order valence-corrected chi connectivity index (χ1v) is 17.4. The summed E-state index contributed by atoms with van der Waals surface area (Å²) in [6.07, 6.45) is 1.84. The molecule has 9 aromatic rings. The third-order valence-electron chi connectivity index (χ3n) is 9.91. The summed E-state index contributed by atoms with van der Waals surface area (Å²) < 4.78 is 6.44. The third kappa shape index (κ3) is 5.16. The van der Waals surface area contributed by atoms with E-state index in [0.29, 0.717) is 5.88 Å². The fourth-order valence-corrected chi connectivity index (χ4v) is 7.74. The summed E-state index contributed by atoms with van der Waals surface area (Å²) in [7, 11) is 0. The van der Waals surface area contributed by atoms with Gasteiger partial charge in [0.1, 0.15) is 5.58 Å². The first-order chi connectivity index (χ1) is 25.1. The minimum Gasteiger partial charge on any atom is -0.437 e. The highest BCUT2D eigenvalue weighted by molar-refractivity contribution is 6.22. The Morgan fingerprint density at radius 1 is 0.490 bits per heavy atom. The maximum absolute atomic E-state index is 6.44. The molecule has 0 bridgehead atoms. The minimum atomic E-state index is 0.598. The van der Waals surface area contributed by atoms with E-state index >= 15 is 0 Å². The second-order valence-corrected chi connectivity index (χ2v) is 13.3. The first kappa shape index (κ1) is 30.5. The predicted molar refractivity (Wildman–Crippen MR) is 219 cm³/mol. The van der Waals surface area contributed by atoms with Crippen molar-refractivity contribution in [2.75, 3.05) is 0 Å². The molecule has 0 saturated heterocycles. The molecule has 0 amide bonds. The summed E-state index contributed by atoms with van der Waals surface area (Å²) in [4.78, 5) is 4.68. The quantitative estimate of drug-likeness (QED) is 0.129. The van der Waals surface area contributed by atoms with Gasteiger partial charge in [-0.05, 0) is 97.2 Å². The second-order valence-electron chi connectivity index (χ2n) is 13.3. The van der Waals surface area contributed by atoms with Crippen LogP contribution in [0.25, 0.3) is 93.9 Å². The standard InChI is InChI=1S/C49H35NO/c1-4-37-45-26-14-25-40(48(45)51-49(37)50-31(2)3)34-17-12-19-35(30-34)46-41-20-8-10-22-43(41)47(44-23-11-9-21-42(44)46)36-27-28-39-33(29-36)18-13-24-38(39)32-15-6-5-7-16-32/h4-30H,1H2,2-3H3. The lowest BCUT2D eigenvalue weighted by atomic mass is 9.85. The number of benzene rings is 8. The van der Waals surface area contributed by atoms with Crippen LogP contribution >= 0.6 is 0 Å². The van der Waals surface area contributed by atoms with Crippen LogP contribution in [0.4, 0.5) is 5.88 Å². The van der Waals surface area contributed by atoms with Crippen molar-refractivity contribution in [1.29, 1.82) is 0 Å². The van der Waals surface area contributed by atoms with Crippen molar-refractivity contribution in [3.8, 4) is 44.5 Å². The fourth-order valence-electron chi connectivity index (χ4n) is 7.74. The Labute approximate surface area is 297 Å². The van der Waals surface area contributed by atoms with Gasteiger partial charge in [-0.2, -0.15) is 0 Å². The normalized spacial score (nSPS) is 11.4. The van der Waals surface area contributed by atoms with Crippen LogP contribution in [0, 0.1) is 0 Å². The zero-order valence-electron chi connectivity index (χ0n) is 28.7. The molecule has 0 aliphatic rings. The number of furan rings is 1. The predicted octanol–water partition coefficient (Wildman–Crippen LogP) is 14.3. The molecule has 2 heteroatoms. The van der Waals surface area contributed by atoms with Gasteiger partial charge in [0.05, 0.1) is 0 Å². The van der Waals surface area contributed by atoms with Crippen LogP contribution in [0.5, 0.6) is 0 Å². The topological polar surface area (TPSA) is 25.5 Å². The number of para-hydroxylation sites is 1. The lowest BCUT2D eigenvalue weighted by molar-refractivity contribution is 0.626. The summed E-state index contributed by atoms with van der Waals surface area (Å²) in [5, 5.41) is 8.41. The molecule has 0 unspecified atom stereocenters. The number of nitrogens with zero attached hydrogens (tertiary/aromatic N) is 1. The first-order valence-electron chi connectivity index (χ1n) is 17.4. The molecular formula is C49H35NO. The summed E-state index contributed by atoms with van der Waals surface area (Å²) in [6, 6.07) is 57.0. The van der Waals surface area contributed by atoms with Gasteiger partial charge < -0.3 is 4.42 Å². The van der Waals surface area contributed by atoms with E-state index in [9.17, 15) is 0 Å². The van der Waals surface area contributed by atoms with Crippen LogP contribution in [0.2, 0.25) is 0 Å². The van der Waals surface area contributed by atoms with Gasteiger partial charge in [0.15, 0.2) is 0 Å². The van der Waals surface area contributed by atoms with Crippen molar-refractivity contribution < 1.29 is 4.42 Å². The average Bonchev–Trinajstić information content (AvgIpc) is 3.53. The van der Waals surface area contributed by atoms with E-state index in [4.69, 9.17) is 4.42 Å². The third-order valence-corrected chi connectivity index (χ3v) is 9.91. The Hall–Kier alpha value is -6.51. The minimum absolute atomic E-state index is 0.598. The molecule has 0 N–H and O–H groups in total. The van der Waals surface area contributed by atoms with Crippen molar-refractivity contribution in [2.45, 2.75) is 13.8 Å². The molecule has 0 radical (unpaired) electrons. The smallest absolute Gasteiger partial charge is 0.227 e. The molecule has 51 heavy (non-hydrogen) atoms. The number of fused-ring (bicyclic) bond motifs is 4. The molecule has 8 aromatic carbocycles. The zero-order chi connectivity index (χ0) is 34.5. The van der Waals surface area contributed by atoms with E-state index in [0.717, 1.165) is 38.9 Å². The molecule has 1 aromatic heterocycles. The Morgan fingerprint density at radius 3 is 1.71 bits per heavy atom. The molecule has 0 spiro atoms. The summed E-state index contributed by atoms with van der Waals surface area (Å²) >= 11 is 0. The maximum atomic E-state index is 6.44. The molecule has 0 fully saturated rings. The van der Waals surface area contributed by atoms with Gasteiger partial charge in [-0.15, -0.1) is 0 Å². The van der Waals surface area contributed by atoms with E-state index in [-0.39, 0.29) is 0 Å². The van der Waals surface area contributed by atoms with Crippen LogP contribution in [-0.4, -0.2) is 5.71 Å². The highest BCUT2D eigenvalue weighted by Gasteiger charge is 2.19. The van der Waals surface area contributed by atoms with Gasteiger partial charge >= 0.3 is 0 Å². The zero-order valence-corrected chi connectivity index (χ0v) is 28.7. The summed E-state index contributed by atoms with van der Waals surface area (Å²) in [5.74, 6) is 0.598. The van der Waals surface area contributed by atoms with E-state index in [1.165, 1.54) is 60.1 Å². The monoisotopic (exact) mass is 653 g/mol. The van der Waals surface area contributed by atoms with Gasteiger partial charge in [-0.25, -0.2) is 4.99 Å². The Balaban J connectivity index is 1.25. The van der Waals surface area contributed by atoms with Gasteiger partial charge in [0.25, 0.3) is 0 Å². The van der Waals surface area contributed by atoms with Crippen LogP contribution in [0.15, 0.2) is 174 Å². The van der Waals surface area contributed by atoms with Crippen LogP contribution in [-0.2, 0) is 0 Å². The SMILES string of the molecule is C=Cc1c(N=C(C)C)oc2c(-c3cccc(-c4c5ccccc5c(-c5ccc6c(-c7ccccc7)cccc6c5)c5ccccc45)c3)cccc12. The lowest BCUT2D eigenvalue weighted by Crippen LogP contribution is -1.91. The van der Waals surface area contributed by atoms with Gasteiger partial charge in [-0.3, -0.25) is 0 Å². The molecule has 2 nitrogen and oxygen atoms in total. The lowest BCUT2D eigenvalue weighted by Gasteiger charge is -2.19. The van der Waals surface area contributed by atoms with Crippen molar-refractivity contribution in [1.82, 2.24) is 0 Å². The van der Waals surface area contributed by atoms with E-state index in [1.807, 2.05) is 19.9 Å². The van der Waals surface area contributed by atoms with Crippen LogP contribution in [0.1, 0.15) is 19.4 Å². The summed E-state index contributed by atoms with van der Waals surface area (Å²) in [5.41, 5.74) is 12.1. The van der Waals surface area contributed by atoms with Crippen molar-refractivity contribution >= 4 is 61.0 Å². The molecule has 9 rings (SSSR count). The van der Waals surface area contributed by atoms with Gasteiger partial charge in [-0.1, -0.05) is 158 Å². The number of hydrogen-bond donors (Lipinski definition) is 0. The fraction of sp³-hybridized carbons (Fsp3) is 0.0408. The highest BCUT2D eigenvalue weighted by atomic mass is 16.3. The van der Waals surface area contributed by atoms with Gasteiger partial charge in [0.2, 0.25) is 5.88 Å². The molecule has 0 aliphatic carbocycles. The van der Waals surface area contributed by atoms with Gasteiger partial charge in [0, 0.05) is 22.2 Å². The van der Waals surface area contributed by atoms with E-state index < -0.39 is 0 Å². The second kappa shape index (κ2) is 12.4. The van der Waals surface area contributed by atoms with Crippen molar-refractivity contribution in [2.24, 2.45) is 4.99 Å². The average molecular weight is 654 g/mol. The molecule has 242 valence electrons. The highest BCUT2D eigenvalue weighted by Crippen LogP contribution is 2.46. The maximum Gasteiger partial charge on any atom is 0.227 e. The number of hydrogen-bond acceptors (Lipinski definition) is 2. The van der Waals surface area contributed by atoms with Crippen LogP contribution < -0.4 is 0 Å². The molecule has 1 heterocycles. The Kier molecular flexibility index (Phi) is 7.44. The van der Waals surface area contributed by atoms with Crippen LogP contribution in [0.3, 0.4) is 0 Å². The number of rotatable bonds is 6. The molecule has 0 saturated carbocycles. The summed E-state index contributed by atoms with van der Waals surface area (Å²) in [6.45, 7) is 8.02. The van der Waals surface area contributed by atoms with E-state index in [2.05, 4.69) is 169 Å². The molecule has 0 atom stereocenters. The Morgan fingerprint density at radius 2 is 1.04 bits per heavy atom. The molecular weight excluding hydrogens is 619 g/mol. The molecule has 0 aliphatic heterocycles. The Bertz CT molecular complexity index is 2780. The largest absolute Gasteiger partial charge is 0.437 e.